The number of fused-ring (bicyclic) bond motifs is 2. The van der Waals surface area contributed by atoms with Crippen molar-refractivity contribution in [3.8, 4) is 39.8 Å². The van der Waals surface area contributed by atoms with Gasteiger partial charge in [-0.1, -0.05) is 52.9 Å². The van der Waals surface area contributed by atoms with Crippen LogP contribution < -0.4 is 5.32 Å². The van der Waals surface area contributed by atoms with Gasteiger partial charge in [0.2, 0.25) is 0 Å². The average Bonchev–Trinajstić information content (AvgIpc) is 4.07. The van der Waals surface area contributed by atoms with Crippen LogP contribution in [0.5, 0.6) is 0 Å². The molecule has 9 rings (SSSR count). The van der Waals surface area contributed by atoms with Crippen molar-refractivity contribution in [1.29, 1.82) is 0 Å². The van der Waals surface area contributed by atoms with E-state index in [4.69, 9.17) is 9.84 Å². The Bertz CT molecular complexity index is 2680. The molecule has 0 atom stereocenters. The number of piperidine rings is 1. The predicted octanol–water partition coefficient (Wildman–Crippen LogP) is 5.40. The lowest BCUT2D eigenvalue weighted by Crippen LogP contribution is -2.35. The molecule has 1 aliphatic heterocycles. The van der Waals surface area contributed by atoms with E-state index in [9.17, 15) is 9.59 Å². The van der Waals surface area contributed by atoms with E-state index >= 15 is 0 Å². The highest BCUT2D eigenvalue weighted by Crippen LogP contribution is 2.32. The van der Waals surface area contributed by atoms with Crippen LogP contribution in [0.15, 0.2) is 103 Å². The molecule has 0 unspecified atom stereocenters. The van der Waals surface area contributed by atoms with E-state index in [0.717, 1.165) is 59.8 Å². The summed E-state index contributed by atoms with van der Waals surface area (Å²) in [5.41, 5.74) is 7.04. The molecule has 4 aromatic carbocycles. The highest BCUT2D eigenvalue weighted by atomic mass is 16.5. The van der Waals surface area contributed by atoms with Crippen LogP contribution in [0, 0.1) is 0 Å². The Balaban J connectivity index is 1.11. The van der Waals surface area contributed by atoms with Crippen LogP contribution in [0.4, 0.5) is 0 Å². The minimum Gasteiger partial charge on any atom is -0.383 e. The van der Waals surface area contributed by atoms with Crippen molar-refractivity contribution in [2.45, 2.75) is 19.3 Å². The third-order valence-electron chi connectivity index (χ3n) is 9.83. The van der Waals surface area contributed by atoms with Crippen LogP contribution in [-0.4, -0.2) is 100 Å². The first kappa shape index (κ1) is 33.8. The minimum atomic E-state index is -0.257. The number of benzene rings is 4. The first-order chi connectivity index (χ1) is 27.1. The Morgan fingerprint density at radius 1 is 0.764 bits per heavy atom. The summed E-state index contributed by atoms with van der Waals surface area (Å²) in [4.78, 5) is 28.5. The van der Waals surface area contributed by atoms with E-state index in [1.807, 2.05) is 94.6 Å². The Morgan fingerprint density at radius 3 is 2.38 bits per heavy atom. The van der Waals surface area contributed by atoms with Crippen molar-refractivity contribution in [2.75, 3.05) is 33.4 Å². The van der Waals surface area contributed by atoms with E-state index < -0.39 is 0 Å². The maximum absolute atomic E-state index is 13.3. The van der Waals surface area contributed by atoms with E-state index in [0.29, 0.717) is 58.4 Å². The van der Waals surface area contributed by atoms with Gasteiger partial charge in [-0.15, -0.1) is 10.2 Å². The fourth-order valence-electron chi connectivity index (χ4n) is 7.04. The molecule has 0 spiro atoms. The Kier molecular flexibility index (Phi) is 8.87. The molecule has 4 aromatic heterocycles. The van der Waals surface area contributed by atoms with Crippen LogP contribution in [-0.2, 0) is 4.74 Å². The van der Waals surface area contributed by atoms with Crippen molar-refractivity contribution < 1.29 is 14.3 Å². The smallest absolute Gasteiger partial charge is 0.253 e. The number of aromatic nitrogens is 10. The number of H-pyrrole nitrogens is 1. The lowest BCUT2D eigenvalue weighted by Gasteiger charge is -2.26. The quantitative estimate of drug-likeness (QED) is 0.175. The van der Waals surface area contributed by atoms with E-state index in [1.165, 1.54) is 0 Å². The molecule has 0 saturated carbocycles. The number of nitrogens with one attached hydrogen (secondary N) is 2. The molecule has 0 radical (unpaired) electrons. The number of para-hydroxylation sites is 2. The number of methoxy groups -OCH3 is 1. The summed E-state index contributed by atoms with van der Waals surface area (Å²) in [6.45, 7) is 2.30. The first-order valence-electron chi connectivity index (χ1n) is 18.1. The summed E-state index contributed by atoms with van der Waals surface area (Å²) >= 11 is 0. The third-order valence-corrected chi connectivity index (χ3v) is 9.83. The van der Waals surface area contributed by atoms with Gasteiger partial charge in [-0.05, 0) is 67.8 Å². The number of carbonyl (C=O) groups excluding carboxylic acids is 2. The molecule has 8 aromatic rings. The van der Waals surface area contributed by atoms with Crippen LogP contribution in [0.1, 0.15) is 40.0 Å². The predicted molar refractivity (Wildman–Crippen MR) is 205 cm³/mol. The summed E-state index contributed by atoms with van der Waals surface area (Å²) in [6, 6.07) is 28.5. The highest BCUT2D eigenvalue weighted by molar-refractivity contribution is 5.97. The zero-order valence-electron chi connectivity index (χ0n) is 30.0. The van der Waals surface area contributed by atoms with Gasteiger partial charge in [-0.2, -0.15) is 10.2 Å². The second-order valence-corrected chi connectivity index (χ2v) is 13.3. The number of nitrogens with zero attached hydrogens (tertiary/aromatic N) is 10. The van der Waals surface area contributed by atoms with Gasteiger partial charge in [0.1, 0.15) is 22.8 Å². The van der Waals surface area contributed by atoms with Gasteiger partial charge in [0.25, 0.3) is 11.8 Å². The average molecular weight is 733 g/mol. The van der Waals surface area contributed by atoms with E-state index in [2.05, 4.69) is 36.1 Å². The highest BCUT2D eigenvalue weighted by Gasteiger charge is 2.23. The largest absolute Gasteiger partial charge is 0.383 e. The van der Waals surface area contributed by atoms with Gasteiger partial charge >= 0.3 is 0 Å². The number of carbonyl (C=O) groups is 2. The van der Waals surface area contributed by atoms with Gasteiger partial charge in [-0.3, -0.25) is 14.7 Å². The Hall–Kier alpha value is -7.00. The van der Waals surface area contributed by atoms with Crippen LogP contribution in [0.25, 0.3) is 61.6 Å². The number of amides is 2. The van der Waals surface area contributed by atoms with E-state index in [-0.39, 0.29) is 11.8 Å². The monoisotopic (exact) mass is 732 g/mol. The van der Waals surface area contributed by atoms with Crippen LogP contribution in [0.2, 0.25) is 0 Å². The molecule has 1 aliphatic rings. The SMILES string of the molecule is COCCNC(=O)c1ccc(-n2nc(-c3cn(-c4cccc(C(=O)N5CCCCC5)c4)nn3)c3ccccc32)c(-n2cc(-c3n[nH]c4ccccc34)nn2)c1. The summed E-state index contributed by atoms with van der Waals surface area (Å²) in [5.74, 6) is -0.231. The molecule has 1 saturated heterocycles. The minimum absolute atomic E-state index is 0.0260. The second kappa shape index (κ2) is 14.4. The Labute approximate surface area is 314 Å². The van der Waals surface area contributed by atoms with Crippen LogP contribution in [0.3, 0.4) is 0 Å². The molecular weight excluding hydrogens is 697 g/mol. The number of aromatic amines is 1. The fraction of sp³-hybridized carbons (Fsp3) is 0.200. The number of rotatable bonds is 10. The van der Waals surface area contributed by atoms with Gasteiger partial charge in [-0.25, -0.2) is 14.0 Å². The van der Waals surface area contributed by atoms with Crippen LogP contribution >= 0.6 is 0 Å². The molecule has 15 nitrogen and oxygen atoms in total. The van der Waals surface area contributed by atoms with Gasteiger partial charge in [0, 0.05) is 48.6 Å². The molecular formula is C40H36N12O3. The number of hydrogen-bond donors (Lipinski definition) is 2. The zero-order valence-corrected chi connectivity index (χ0v) is 30.0. The van der Waals surface area contributed by atoms with Crippen molar-refractivity contribution >= 4 is 33.6 Å². The maximum atomic E-state index is 13.3. The summed E-state index contributed by atoms with van der Waals surface area (Å²) in [7, 11) is 1.59. The Morgan fingerprint density at radius 2 is 1.53 bits per heavy atom. The van der Waals surface area contributed by atoms with Crippen molar-refractivity contribution in [1.82, 2.24) is 60.2 Å². The number of hydrogen-bond acceptors (Lipinski definition) is 9. The third kappa shape index (κ3) is 6.39. The van der Waals surface area contributed by atoms with Crippen molar-refractivity contribution in [3.05, 3.63) is 115 Å². The van der Waals surface area contributed by atoms with Gasteiger partial charge in [0.15, 0.2) is 0 Å². The molecule has 274 valence electrons. The summed E-state index contributed by atoms with van der Waals surface area (Å²) < 4.78 is 10.2. The first-order valence-corrected chi connectivity index (χ1v) is 18.1. The fourth-order valence-corrected chi connectivity index (χ4v) is 7.04. The molecule has 55 heavy (non-hydrogen) atoms. The molecule has 15 heteroatoms. The number of likely N-dealkylation sites (tertiary alicyclic amines) is 1. The van der Waals surface area contributed by atoms with Gasteiger partial charge < -0.3 is 15.0 Å². The summed E-state index contributed by atoms with van der Waals surface area (Å²) in [5, 5.41) is 35.3. The summed E-state index contributed by atoms with van der Waals surface area (Å²) in [6.07, 6.45) is 6.81. The van der Waals surface area contributed by atoms with Crippen molar-refractivity contribution in [3.63, 3.8) is 0 Å². The number of ether oxygens (including phenoxy) is 1. The van der Waals surface area contributed by atoms with E-state index in [1.54, 1.807) is 34.8 Å². The molecule has 2 amide bonds. The topological polar surface area (TPSA) is 167 Å². The molecule has 1 fully saturated rings. The molecule has 0 bridgehead atoms. The molecule has 5 heterocycles. The second-order valence-electron chi connectivity index (χ2n) is 13.3. The standard InChI is InChI=1S/C40H36N12O3/c1-55-21-18-41-39(53)26-16-17-35(36(23-26)51-25-32(43-48-51)37-29-12-3-5-14-31(29)42-45-37)52-34-15-6-4-13-30(34)38(46-52)33-24-50(47-44-33)28-11-9-10-27(22-28)40(54)49-19-7-2-8-20-49/h3-6,9-17,22-25H,2,7-8,18-21H2,1H3,(H,41,53)(H,42,45). The lowest BCUT2D eigenvalue weighted by atomic mass is 10.1. The zero-order chi connectivity index (χ0) is 37.3. The van der Waals surface area contributed by atoms with Gasteiger partial charge in [0.05, 0.1) is 47.1 Å². The lowest BCUT2D eigenvalue weighted by molar-refractivity contribution is 0.0724. The molecule has 0 aliphatic carbocycles. The normalized spacial score (nSPS) is 13.1. The molecule has 2 N–H and O–H groups in total. The van der Waals surface area contributed by atoms with Crippen molar-refractivity contribution in [2.24, 2.45) is 0 Å². The maximum Gasteiger partial charge on any atom is 0.253 e.